The van der Waals surface area contributed by atoms with Crippen LogP contribution in [0.1, 0.15) is 34.4 Å². The smallest absolute Gasteiger partial charge is 0.267 e. The van der Waals surface area contributed by atoms with E-state index in [4.69, 9.17) is 11.6 Å². The highest BCUT2D eigenvalue weighted by Gasteiger charge is 2.13. The first-order valence-electron chi connectivity index (χ1n) is 4.96. The van der Waals surface area contributed by atoms with E-state index in [0.29, 0.717) is 20.3 Å². The normalized spacial score (nSPS) is 10.8. The molecule has 17 heavy (non-hydrogen) atoms. The van der Waals surface area contributed by atoms with Gasteiger partial charge in [-0.1, -0.05) is 36.8 Å². The van der Waals surface area contributed by atoms with Crippen molar-refractivity contribution in [3.8, 4) is 0 Å². The van der Waals surface area contributed by atoms with E-state index in [1.807, 2.05) is 13.8 Å². The summed E-state index contributed by atoms with van der Waals surface area (Å²) in [5.41, 5.74) is 0. The summed E-state index contributed by atoms with van der Waals surface area (Å²) >= 11 is 8.39. The van der Waals surface area contributed by atoms with Crippen molar-refractivity contribution in [3.63, 3.8) is 0 Å². The van der Waals surface area contributed by atoms with Gasteiger partial charge in [0, 0.05) is 5.92 Å². The van der Waals surface area contributed by atoms with Crippen molar-refractivity contribution in [1.29, 1.82) is 0 Å². The largest absolute Gasteiger partial charge is 0.296 e. The van der Waals surface area contributed by atoms with Gasteiger partial charge in [-0.15, -0.1) is 21.5 Å². The van der Waals surface area contributed by atoms with Crippen LogP contribution in [0, 0.1) is 0 Å². The Morgan fingerprint density at radius 2 is 2.12 bits per heavy atom. The van der Waals surface area contributed by atoms with E-state index in [2.05, 4.69) is 15.5 Å². The SMILES string of the molecule is CC(C)c1nnc(NC(=O)c2ccc(Cl)s2)s1. The van der Waals surface area contributed by atoms with Crippen LogP contribution in [-0.2, 0) is 0 Å². The number of carbonyl (C=O) groups excluding carboxylic acids is 1. The summed E-state index contributed by atoms with van der Waals surface area (Å²) in [4.78, 5) is 12.4. The molecule has 0 aliphatic carbocycles. The quantitative estimate of drug-likeness (QED) is 0.938. The van der Waals surface area contributed by atoms with Gasteiger partial charge in [-0.2, -0.15) is 0 Å². The van der Waals surface area contributed by atoms with Gasteiger partial charge in [0.1, 0.15) is 5.01 Å². The van der Waals surface area contributed by atoms with Crippen molar-refractivity contribution in [1.82, 2.24) is 10.2 Å². The van der Waals surface area contributed by atoms with E-state index in [0.717, 1.165) is 5.01 Å². The molecule has 0 aliphatic rings. The number of carbonyl (C=O) groups is 1. The monoisotopic (exact) mass is 287 g/mol. The Kier molecular flexibility index (Phi) is 3.76. The third kappa shape index (κ3) is 3.02. The molecule has 0 saturated carbocycles. The number of nitrogens with one attached hydrogen (secondary N) is 1. The first-order valence-corrected chi connectivity index (χ1v) is 6.97. The molecule has 2 heterocycles. The van der Waals surface area contributed by atoms with Crippen molar-refractivity contribution < 1.29 is 4.79 Å². The zero-order chi connectivity index (χ0) is 12.4. The number of aromatic nitrogens is 2. The van der Waals surface area contributed by atoms with Crippen molar-refractivity contribution in [2.24, 2.45) is 0 Å². The van der Waals surface area contributed by atoms with Gasteiger partial charge in [-0.05, 0) is 12.1 Å². The lowest BCUT2D eigenvalue weighted by molar-refractivity contribution is 0.103. The summed E-state index contributed by atoms with van der Waals surface area (Å²) in [5, 5.41) is 12.0. The molecule has 0 atom stereocenters. The Labute approximate surface area is 112 Å². The van der Waals surface area contributed by atoms with Crippen molar-refractivity contribution in [3.05, 3.63) is 26.4 Å². The van der Waals surface area contributed by atoms with E-state index in [-0.39, 0.29) is 5.91 Å². The molecule has 0 radical (unpaired) electrons. The zero-order valence-corrected chi connectivity index (χ0v) is 11.6. The zero-order valence-electron chi connectivity index (χ0n) is 9.23. The van der Waals surface area contributed by atoms with Gasteiger partial charge >= 0.3 is 0 Å². The van der Waals surface area contributed by atoms with Gasteiger partial charge < -0.3 is 0 Å². The molecule has 7 heteroatoms. The summed E-state index contributed by atoms with van der Waals surface area (Å²) < 4.78 is 0.593. The summed E-state index contributed by atoms with van der Waals surface area (Å²) in [7, 11) is 0. The fraction of sp³-hybridized carbons (Fsp3) is 0.300. The summed E-state index contributed by atoms with van der Waals surface area (Å²) in [6.45, 7) is 4.07. The number of amides is 1. The highest BCUT2D eigenvalue weighted by atomic mass is 35.5. The molecule has 0 saturated heterocycles. The van der Waals surface area contributed by atoms with Gasteiger partial charge in [0.2, 0.25) is 5.13 Å². The molecule has 90 valence electrons. The molecular weight excluding hydrogens is 278 g/mol. The van der Waals surface area contributed by atoms with Crippen LogP contribution < -0.4 is 5.32 Å². The van der Waals surface area contributed by atoms with E-state index >= 15 is 0 Å². The van der Waals surface area contributed by atoms with Crippen molar-refractivity contribution in [2.75, 3.05) is 5.32 Å². The first-order chi connectivity index (χ1) is 8.06. The molecule has 0 aromatic carbocycles. The number of nitrogens with zero attached hydrogens (tertiary/aromatic N) is 2. The third-order valence-electron chi connectivity index (χ3n) is 1.95. The van der Waals surface area contributed by atoms with Gasteiger partial charge in [0.05, 0.1) is 9.21 Å². The first kappa shape index (κ1) is 12.5. The lowest BCUT2D eigenvalue weighted by atomic mass is 10.2. The molecule has 4 nitrogen and oxygen atoms in total. The fourth-order valence-electron chi connectivity index (χ4n) is 1.11. The Balaban J connectivity index is 2.07. The second kappa shape index (κ2) is 5.12. The van der Waals surface area contributed by atoms with E-state index < -0.39 is 0 Å². The second-order valence-corrected chi connectivity index (χ2v) is 6.38. The fourth-order valence-corrected chi connectivity index (χ4v) is 2.79. The maximum absolute atomic E-state index is 11.8. The molecule has 0 fully saturated rings. The van der Waals surface area contributed by atoms with Gasteiger partial charge in [-0.3, -0.25) is 10.1 Å². The molecule has 1 amide bonds. The summed E-state index contributed by atoms with van der Waals surface area (Å²) in [5.74, 6) is 0.114. The highest BCUT2D eigenvalue weighted by Crippen LogP contribution is 2.25. The summed E-state index contributed by atoms with van der Waals surface area (Å²) in [6, 6.07) is 3.38. The average Bonchev–Trinajstić information content (AvgIpc) is 2.86. The number of rotatable bonds is 3. The third-order valence-corrected chi connectivity index (χ3v) is 4.32. The van der Waals surface area contributed by atoms with Crippen LogP contribution >= 0.6 is 34.3 Å². The second-order valence-electron chi connectivity index (χ2n) is 3.66. The number of hydrogen-bond acceptors (Lipinski definition) is 5. The minimum atomic E-state index is -0.201. The van der Waals surface area contributed by atoms with Crippen LogP contribution in [-0.4, -0.2) is 16.1 Å². The minimum Gasteiger partial charge on any atom is -0.296 e. The number of thiophene rings is 1. The van der Waals surface area contributed by atoms with Gasteiger partial charge in [-0.25, -0.2) is 0 Å². The minimum absolute atomic E-state index is 0.201. The predicted molar refractivity (Wildman–Crippen MR) is 71.3 cm³/mol. The van der Waals surface area contributed by atoms with E-state index in [1.165, 1.54) is 22.7 Å². The average molecular weight is 288 g/mol. The van der Waals surface area contributed by atoms with Crippen LogP contribution in [0.15, 0.2) is 12.1 Å². The maximum Gasteiger partial charge on any atom is 0.267 e. The standard InChI is InChI=1S/C10H10ClN3OS2/c1-5(2)9-13-14-10(17-9)12-8(15)6-3-4-7(11)16-6/h3-5H,1-2H3,(H,12,14,15). The number of hydrogen-bond donors (Lipinski definition) is 1. The molecule has 0 unspecified atom stereocenters. The molecule has 1 N–H and O–H groups in total. The van der Waals surface area contributed by atoms with Gasteiger partial charge in [0.15, 0.2) is 0 Å². The van der Waals surface area contributed by atoms with Crippen molar-refractivity contribution in [2.45, 2.75) is 19.8 Å². The maximum atomic E-state index is 11.8. The molecule has 0 aliphatic heterocycles. The molecule has 2 rings (SSSR count). The van der Waals surface area contributed by atoms with E-state index in [1.54, 1.807) is 12.1 Å². The summed E-state index contributed by atoms with van der Waals surface area (Å²) in [6.07, 6.45) is 0. The van der Waals surface area contributed by atoms with E-state index in [9.17, 15) is 4.79 Å². The predicted octanol–water partition coefficient (Wildman–Crippen LogP) is 3.63. The van der Waals surface area contributed by atoms with Crippen LogP contribution in [0.3, 0.4) is 0 Å². The lowest BCUT2D eigenvalue weighted by Crippen LogP contribution is -2.09. The van der Waals surface area contributed by atoms with Crippen LogP contribution in [0.25, 0.3) is 0 Å². The molecule has 2 aromatic heterocycles. The van der Waals surface area contributed by atoms with Crippen LogP contribution in [0.5, 0.6) is 0 Å². The Morgan fingerprint density at radius 1 is 1.35 bits per heavy atom. The number of anilines is 1. The Bertz CT molecular complexity index is 535. The molecular formula is C10H10ClN3OS2. The Hall–Kier alpha value is -0.980. The topological polar surface area (TPSA) is 54.9 Å². The van der Waals surface area contributed by atoms with Crippen LogP contribution in [0.2, 0.25) is 4.34 Å². The van der Waals surface area contributed by atoms with Gasteiger partial charge in [0.25, 0.3) is 5.91 Å². The molecule has 2 aromatic rings. The van der Waals surface area contributed by atoms with Crippen LogP contribution in [0.4, 0.5) is 5.13 Å². The molecule has 0 bridgehead atoms. The van der Waals surface area contributed by atoms with Crippen molar-refractivity contribution >= 4 is 45.3 Å². The lowest BCUT2D eigenvalue weighted by Gasteiger charge is -1.97. The highest BCUT2D eigenvalue weighted by molar-refractivity contribution is 7.18. The molecule has 0 spiro atoms. The Morgan fingerprint density at radius 3 is 2.65 bits per heavy atom. The number of halogens is 1.